The first-order valence-corrected chi connectivity index (χ1v) is 5.36. The minimum absolute atomic E-state index is 0.402. The first-order valence-electron chi connectivity index (χ1n) is 4.57. The number of aromatic nitrogens is 1. The van der Waals surface area contributed by atoms with Crippen LogP contribution in [-0.2, 0) is 0 Å². The second-order valence-electron chi connectivity index (χ2n) is 3.52. The molecule has 2 aromatic rings. The van der Waals surface area contributed by atoms with Crippen LogP contribution in [-0.4, -0.2) is 5.16 Å². The minimum atomic E-state index is 0.402. The van der Waals surface area contributed by atoms with Crippen LogP contribution in [0.25, 0.3) is 11.3 Å². The summed E-state index contributed by atoms with van der Waals surface area (Å²) >= 11 is 3.51. The predicted molar refractivity (Wildman–Crippen MR) is 63.5 cm³/mol. The Morgan fingerprint density at radius 1 is 1.27 bits per heavy atom. The van der Waals surface area contributed by atoms with E-state index < -0.39 is 0 Å². The normalized spacial score (nSPS) is 10.6. The van der Waals surface area contributed by atoms with Gasteiger partial charge < -0.3 is 10.3 Å². The van der Waals surface area contributed by atoms with Crippen LogP contribution < -0.4 is 5.73 Å². The van der Waals surface area contributed by atoms with Gasteiger partial charge in [-0.05, 0) is 37.1 Å². The average molecular weight is 267 g/mol. The lowest BCUT2D eigenvalue weighted by Gasteiger charge is -2.05. The summed E-state index contributed by atoms with van der Waals surface area (Å²) in [4.78, 5) is 0. The molecule has 0 saturated carbocycles. The topological polar surface area (TPSA) is 52.0 Å². The molecule has 0 bridgehead atoms. The van der Waals surface area contributed by atoms with E-state index in [-0.39, 0.29) is 0 Å². The predicted octanol–water partition coefficient (Wildman–Crippen LogP) is 3.30. The molecule has 78 valence electrons. The summed E-state index contributed by atoms with van der Waals surface area (Å²) < 4.78 is 6.17. The number of hydrogen-bond donors (Lipinski definition) is 1. The number of hydrogen-bond acceptors (Lipinski definition) is 3. The largest absolute Gasteiger partial charge is 0.381 e. The number of halogens is 1. The molecule has 3 nitrogen and oxygen atoms in total. The molecular weight excluding hydrogens is 256 g/mol. The van der Waals surface area contributed by atoms with E-state index in [0.717, 1.165) is 10.0 Å². The van der Waals surface area contributed by atoms with Gasteiger partial charge in [-0.15, -0.1) is 0 Å². The summed E-state index contributed by atoms with van der Waals surface area (Å²) in [5, 5.41) is 3.66. The minimum Gasteiger partial charge on any atom is -0.381 e. The van der Waals surface area contributed by atoms with Gasteiger partial charge in [-0.1, -0.05) is 21.1 Å². The van der Waals surface area contributed by atoms with Gasteiger partial charge in [0.25, 0.3) is 0 Å². The number of anilines is 1. The molecule has 0 aliphatic carbocycles. The molecule has 2 rings (SSSR count). The van der Waals surface area contributed by atoms with Crippen LogP contribution in [0.2, 0.25) is 0 Å². The van der Waals surface area contributed by atoms with Crippen molar-refractivity contribution in [1.82, 2.24) is 5.16 Å². The third-order valence-electron chi connectivity index (χ3n) is 2.42. The zero-order chi connectivity index (χ0) is 11.0. The van der Waals surface area contributed by atoms with Gasteiger partial charge in [0.1, 0.15) is 0 Å². The Morgan fingerprint density at radius 3 is 2.53 bits per heavy atom. The first-order chi connectivity index (χ1) is 7.08. The standard InChI is InChI=1S/C11H11BrN2O/c1-6-3-8(4-9(12)7(6)2)10-5-11(13)14-15-10/h3-5H,1-2H3,(H2,13,14). The molecule has 0 atom stereocenters. The van der Waals surface area contributed by atoms with Gasteiger partial charge in [-0.2, -0.15) is 0 Å². The van der Waals surface area contributed by atoms with Gasteiger partial charge in [-0.3, -0.25) is 0 Å². The van der Waals surface area contributed by atoms with Crippen LogP contribution in [0.5, 0.6) is 0 Å². The SMILES string of the molecule is Cc1cc(-c2cc(N)no2)cc(Br)c1C. The van der Waals surface area contributed by atoms with Gasteiger partial charge in [0.05, 0.1) is 0 Å². The lowest BCUT2D eigenvalue weighted by molar-refractivity contribution is 0.436. The molecule has 0 saturated heterocycles. The van der Waals surface area contributed by atoms with E-state index in [4.69, 9.17) is 10.3 Å². The van der Waals surface area contributed by atoms with Gasteiger partial charge in [0.2, 0.25) is 0 Å². The molecule has 0 aliphatic heterocycles. The van der Waals surface area contributed by atoms with E-state index in [1.807, 2.05) is 6.07 Å². The second kappa shape index (κ2) is 3.70. The Labute approximate surface area is 96.4 Å². The summed E-state index contributed by atoms with van der Waals surface area (Å²) in [7, 11) is 0. The molecule has 0 fully saturated rings. The van der Waals surface area contributed by atoms with Gasteiger partial charge >= 0.3 is 0 Å². The Morgan fingerprint density at radius 2 is 2.00 bits per heavy atom. The maximum atomic E-state index is 5.51. The van der Waals surface area contributed by atoms with Crippen molar-refractivity contribution in [3.8, 4) is 11.3 Å². The maximum absolute atomic E-state index is 5.51. The molecule has 1 aromatic carbocycles. The molecule has 1 aromatic heterocycles. The van der Waals surface area contributed by atoms with E-state index in [0.29, 0.717) is 11.6 Å². The number of benzene rings is 1. The highest BCUT2D eigenvalue weighted by Gasteiger charge is 2.08. The van der Waals surface area contributed by atoms with Crippen LogP contribution in [0, 0.1) is 13.8 Å². The van der Waals surface area contributed by atoms with Gasteiger partial charge in [0, 0.05) is 16.1 Å². The fourth-order valence-corrected chi connectivity index (χ4v) is 1.94. The van der Waals surface area contributed by atoms with Crippen molar-refractivity contribution in [1.29, 1.82) is 0 Å². The summed E-state index contributed by atoms with van der Waals surface area (Å²) in [5.74, 6) is 1.09. The summed E-state index contributed by atoms with van der Waals surface area (Å²) in [5.41, 5.74) is 8.92. The Hall–Kier alpha value is -1.29. The third-order valence-corrected chi connectivity index (χ3v) is 3.24. The second-order valence-corrected chi connectivity index (χ2v) is 4.37. The van der Waals surface area contributed by atoms with E-state index in [1.165, 1.54) is 11.1 Å². The molecular formula is C11H11BrN2O. The van der Waals surface area contributed by atoms with Crippen molar-refractivity contribution in [2.45, 2.75) is 13.8 Å². The number of aryl methyl sites for hydroxylation is 1. The molecule has 1 heterocycles. The Kier molecular flexibility index (Phi) is 2.52. The highest BCUT2D eigenvalue weighted by atomic mass is 79.9. The van der Waals surface area contributed by atoms with Crippen molar-refractivity contribution in [2.24, 2.45) is 0 Å². The van der Waals surface area contributed by atoms with Crippen molar-refractivity contribution in [3.63, 3.8) is 0 Å². The Bertz CT molecular complexity index is 482. The quantitative estimate of drug-likeness (QED) is 0.862. The molecule has 0 amide bonds. The number of nitrogens with zero attached hydrogens (tertiary/aromatic N) is 1. The monoisotopic (exact) mass is 266 g/mol. The van der Waals surface area contributed by atoms with Crippen molar-refractivity contribution < 1.29 is 4.52 Å². The Balaban J connectivity index is 2.55. The van der Waals surface area contributed by atoms with Crippen molar-refractivity contribution in [2.75, 3.05) is 5.73 Å². The molecule has 0 aliphatic rings. The fourth-order valence-electron chi connectivity index (χ4n) is 1.38. The smallest absolute Gasteiger partial charge is 0.169 e. The van der Waals surface area contributed by atoms with E-state index in [2.05, 4.69) is 41.0 Å². The molecule has 15 heavy (non-hydrogen) atoms. The molecule has 0 spiro atoms. The maximum Gasteiger partial charge on any atom is 0.169 e. The molecule has 0 radical (unpaired) electrons. The highest BCUT2D eigenvalue weighted by Crippen LogP contribution is 2.28. The van der Waals surface area contributed by atoms with Crippen LogP contribution >= 0.6 is 15.9 Å². The number of rotatable bonds is 1. The van der Waals surface area contributed by atoms with E-state index in [1.54, 1.807) is 6.07 Å². The van der Waals surface area contributed by atoms with Crippen LogP contribution in [0.15, 0.2) is 27.2 Å². The van der Waals surface area contributed by atoms with E-state index >= 15 is 0 Å². The first kappa shape index (κ1) is 10.2. The van der Waals surface area contributed by atoms with Crippen LogP contribution in [0.3, 0.4) is 0 Å². The number of nitrogens with two attached hydrogens (primary N) is 1. The van der Waals surface area contributed by atoms with Crippen molar-refractivity contribution in [3.05, 3.63) is 33.8 Å². The van der Waals surface area contributed by atoms with Crippen LogP contribution in [0.1, 0.15) is 11.1 Å². The fraction of sp³-hybridized carbons (Fsp3) is 0.182. The summed E-state index contributed by atoms with van der Waals surface area (Å²) in [6.45, 7) is 4.13. The van der Waals surface area contributed by atoms with Crippen molar-refractivity contribution >= 4 is 21.7 Å². The van der Waals surface area contributed by atoms with Crippen LogP contribution in [0.4, 0.5) is 5.82 Å². The highest BCUT2D eigenvalue weighted by molar-refractivity contribution is 9.10. The van der Waals surface area contributed by atoms with Gasteiger partial charge in [-0.25, -0.2) is 0 Å². The summed E-state index contributed by atoms with van der Waals surface area (Å²) in [6.07, 6.45) is 0. The zero-order valence-electron chi connectivity index (χ0n) is 8.54. The molecule has 4 heteroatoms. The molecule has 2 N–H and O–H groups in total. The average Bonchev–Trinajstić information content (AvgIpc) is 2.60. The zero-order valence-corrected chi connectivity index (χ0v) is 10.1. The third kappa shape index (κ3) is 1.90. The van der Waals surface area contributed by atoms with E-state index in [9.17, 15) is 0 Å². The number of nitrogen functional groups attached to an aromatic ring is 1. The lowest BCUT2D eigenvalue weighted by Crippen LogP contribution is -1.85. The lowest BCUT2D eigenvalue weighted by atomic mass is 10.0. The summed E-state index contributed by atoms with van der Waals surface area (Å²) in [6, 6.07) is 5.78. The molecule has 0 unspecified atom stereocenters. The van der Waals surface area contributed by atoms with Gasteiger partial charge in [0.15, 0.2) is 11.6 Å².